The van der Waals surface area contributed by atoms with Crippen LogP contribution in [0, 0.1) is 10.1 Å². The normalized spacial score (nSPS) is 12.6. The Balaban J connectivity index is 2.51. The molecule has 0 saturated carbocycles. The first kappa shape index (κ1) is 16.9. The molecule has 1 aromatic carbocycles. The maximum atomic E-state index is 12.3. The number of aromatic nitrogens is 1. The second-order valence-electron chi connectivity index (χ2n) is 5.04. The first-order chi connectivity index (χ1) is 10.8. The van der Waals surface area contributed by atoms with Crippen molar-refractivity contribution in [3.8, 4) is 0 Å². The van der Waals surface area contributed by atoms with E-state index in [9.17, 15) is 18.5 Å². The maximum Gasteiger partial charge on any atom is 0.269 e. The summed E-state index contributed by atoms with van der Waals surface area (Å²) in [6, 6.07) is 8.60. The summed E-state index contributed by atoms with van der Waals surface area (Å²) in [6.45, 7) is 1.88. The SMILES string of the molecule is CCC(c1cccnc1)N(c1ccc([N+](=O)[O-])cc1)S(C)(=O)=O. The molecule has 23 heavy (non-hydrogen) atoms. The van der Waals surface area contributed by atoms with Gasteiger partial charge >= 0.3 is 0 Å². The lowest BCUT2D eigenvalue weighted by Gasteiger charge is -2.31. The van der Waals surface area contributed by atoms with Crippen LogP contribution < -0.4 is 4.31 Å². The minimum Gasteiger partial charge on any atom is -0.264 e. The molecular weight excluding hydrogens is 318 g/mol. The van der Waals surface area contributed by atoms with Gasteiger partial charge in [0.25, 0.3) is 5.69 Å². The molecule has 0 aliphatic rings. The summed E-state index contributed by atoms with van der Waals surface area (Å²) in [4.78, 5) is 14.3. The number of hydrogen-bond acceptors (Lipinski definition) is 5. The zero-order valence-electron chi connectivity index (χ0n) is 12.8. The van der Waals surface area contributed by atoms with Gasteiger partial charge in [-0.05, 0) is 30.2 Å². The van der Waals surface area contributed by atoms with E-state index in [1.807, 2.05) is 13.0 Å². The molecular formula is C15H17N3O4S. The summed E-state index contributed by atoms with van der Waals surface area (Å²) in [5.74, 6) is 0. The van der Waals surface area contributed by atoms with Crippen LogP contribution in [-0.2, 0) is 10.0 Å². The third-order valence-corrected chi connectivity index (χ3v) is 4.59. The topological polar surface area (TPSA) is 93.4 Å². The summed E-state index contributed by atoms with van der Waals surface area (Å²) in [6.07, 6.45) is 4.90. The largest absolute Gasteiger partial charge is 0.269 e. The van der Waals surface area contributed by atoms with Crippen LogP contribution in [0.15, 0.2) is 48.8 Å². The second-order valence-corrected chi connectivity index (χ2v) is 6.90. The first-order valence-corrected chi connectivity index (χ1v) is 8.83. The highest BCUT2D eigenvalue weighted by atomic mass is 32.2. The quantitative estimate of drug-likeness (QED) is 0.597. The lowest BCUT2D eigenvalue weighted by Crippen LogP contribution is -2.34. The molecule has 2 rings (SSSR count). The van der Waals surface area contributed by atoms with Crippen molar-refractivity contribution in [2.24, 2.45) is 0 Å². The van der Waals surface area contributed by atoms with Gasteiger partial charge in [-0.2, -0.15) is 0 Å². The summed E-state index contributed by atoms with van der Waals surface area (Å²) in [7, 11) is -3.57. The lowest BCUT2D eigenvalue weighted by atomic mass is 10.1. The molecule has 2 aromatic rings. The molecule has 0 amide bonds. The van der Waals surface area contributed by atoms with E-state index in [4.69, 9.17) is 0 Å². The zero-order valence-corrected chi connectivity index (χ0v) is 13.6. The van der Waals surface area contributed by atoms with Gasteiger partial charge in [-0.1, -0.05) is 13.0 Å². The average Bonchev–Trinajstić information content (AvgIpc) is 2.52. The van der Waals surface area contributed by atoms with Gasteiger partial charge in [0.15, 0.2) is 0 Å². The van der Waals surface area contributed by atoms with Crippen LogP contribution in [0.25, 0.3) is 0 Å². The highest BCUT2D eigenvalue weighted by Crippen LogP contribution is 2.32. The molecule has 0 saturated heterocycles. The maximum absolute atomic E-state index is 12.3. The number of benzene rings is 1. The zero-order chi connectivity index (χ0) is 17.0. The van der Waals surface area contributed by atoms with Crippen molar-refractivity contribution in [2.75, 3.05) is 10.6 Å². The molecule has 0 spiro atoms. The Kier molecular flexibility index (Phi) is 4.95. The fraction of sp³-hybridized carbons (Fsp3) is 0.267. The van der Waals surface area contributed by atoms with Gasteiger partial charge in [0.05, 0.1) is 22.9 Å². The van der Waals surface area contributed by atoms with Gasteiger partial charge in [-0.3, -0.25) is 19.4 Å². The summed E-state index contributed by atoms with van der Waals surface area (Å²) in [5, 5.41) is 10.8. The van der Waals surface area contributed by atoms with Crippen molar-refractivity contribution in [1.82, 2.24) is 4.98 Å². The van der Waals surface area contributed by atoms with Crippen LogP contribution >= 0.6 is 0 Å². The molecule has 1 heterocycles. The Bertz CT molecular complexity index is 776. The van der Waals surface area contributed by atoms with Gasteiger partial charge in [-0.15, -0.1) is 0 Å². The van der Waals surface area contributed by atoms with E-state index in [0.29, 0.717) is 12.1 Å². The van der Waals surface area contributed by atoms with Crippen LogP contribution in [-0.4, -0.2) is 24.6 Å². The highest BCUT2D eigenvalue weighted by Gasteiger charge is 2.27. The van der Waals surface area contributed by atoms with Crippen molar-refractivity contribution < 1.29 is 13.3 Å². The molecule has 0 N–H and O–H groups in total. The standard InChI is InChI=1S/C15H17N3O4S/c1-3-15(12-5-4-10-16-11-12)17(23(2,21)22)13-6-8-14(9-7-13)18(19)20/h4-11,15H,3H2,1-2H3. The number of pyridine rings is 1. The van der Waals surface area contributed by atoms with Gasteiger partial charge in [0, 0.05) is 24.5 Å². The number of hydrogen-bond donors (Lipinski definition) is 0. The van der Waals surface area contributed by atoms with E-state index in [2.05, 4.69) is 4.98 Å². The third-order valence-electron chi connectivity index (χ3n) is 3.41. The number of non-ortho nitro benzene ring substituents is 1. The lowest BCUT2D eigenvalue weighted by molar-refractivity contribution is -0.384. The van der Waals surface area contributed by atoms with Crippen molar-refractivity contribution in [3.63, 3.8) is 0 Å². The Morgan fingerprint density at radius 3 is 2.35 bits per heavy atom. The molecule has 1 aromatic heterocycles. The van der Waals surface area contributed by atoms with E-state index in [0.717, 1.165) is 11.8 Å². The van der Waals surface area contributed by atoms with Crippen molar-refractivity contribution in [3.05, 3.63) is 64.5 Å². The van der Waals surface area contributed by atoms with Crippen molar-refractivity contribution in [2.45, 2.75) is 19.4 Å². The van der Waals surface area contributed by atoms with Gasteiger partial charge in [-0.25, -0.2) is 8.42 Å². The fourth-order valence-corrected chi connectivity index (χ4v) is 3.67. The minimum absolute atomic E-state index is 0.0865. The number of anilines is 1. The Hall–Kier alpha value is -2.48. The predicted octanol–water partition coefficient (Wildman–Crippen LogP) is 2.91. The molecule has 0 aliphatic heterocycles. The second kappa shape index (κ2) is 6.74. The van der Waals surface area contributed by atoms with E-state index in [-0.39, 0.29) is 5.69 Å². The van der Waals surface area contributed by atoms with E-state index in [1.165, 1.54) is 28.6 Å². The van der Waals surface area contributed by atoms with Gasteiger partial charge < -0.3 is 0 Å². The summed E-state index contributed by atoms with van der Waals surface area (Å²) < 4.78 is 25.9. The van der Waals surface area contributed by atoms with E-state index in [1.54, 1.807) is 18.5 Å². The number of rotatable bonds is 6. The number of nitro benzene ring substituents is 1. The molecule has 0 fully saturated rings. The van der Waals surface area contributed by atoms with Crippen molar-refractivity contribution in [1.29, 1.82) is 0 Å². The minimum atomic E-state index is -3.57. The van der Waals surface area contributed by atoms with E-state index < -0.39 is 21.0 Å². The van der Waals surface area contributed by atoms with Gasteiger partial charge in [0.1, 0.15) is 0 Å². The molecule has 1 atom stereocenters. The molecule has 0 radical (unpaired) electrons. The fourth-order valence-electron chi connectivity index (χ4n) is 2.43. The third kappa shape index (κ3) is 3.84. The van der Waals surface area contributed by atoms with E-state index >= 15 is 0 Å². The number of nitrogens with zero attached hydrogens (tertiary/aromatic N) is 3. The Labute approximate surface area is 134 Å². The Morgan fingerprint density at radius 1 is 1.26 bits per heavy atom. The predicted molar refractivity (Wildman–Crippen MR) is 87.7 cm³/mol. The Morgan fingerprint density at radius 2 is 1.91 bits per heavy atom. The monoisotopic (exact) mass is 335 g/mol. The van der Waals surface area contributed by atoms with Crippen LogP contribution in [0.3, 0.4) is 0 Å². The first-order valence-electron chi connectivity index (χ1n) is 6.98. The van der Waals surface area contributed by atoms with Crippen LogP contribution in [0.4, 0.5) is 11.4 Å². The molecule has 7 nitrogen and oxygen atoms in total. The molecule has 0 bridgehead atoms. The molecule has 1 unspecified atom stereocenters. The molecule has 8 heteroatoms. The van der Waals surface area contributed by atoms with Crippen LogP contribution in [0.2, 0.25) is 0 Å². The smallest absolute Gasteiger partial charge is 0.264 e. The summed E-state index contributed by atoms with van der Waals surface area (Å²) in [5.41, 5.74) is 1.06. The highest BCUT2D eigenvalue weighted by molar-refractivity contribution is 7.92. The number of nitro groups is 1. The van der Waals surface area contributed by atoms with Crippen molar-refractivity contribution >= 4 is 21.4 Å². The summed E-state index contributed by atoms with van der Waals surface area (Å²) >= 11 is 0. The average molecular weight is 335 g/mol. The van der Waals surface area contributed by atoms with Gasteiger partial charge in [0.2, 0.25) is 10.0 Å². The molecule has 0 aliphatic carbocycles. The molecule has 122 valence electrons. The number of sulfonamides is 1. The van der Waals surface area contributed by atoms with Crippen LogP contribution in [0.5, 0.6) is 0 Å². The van der Waals surface area contributed by atoms with Crippen LogP contribution in [0.1, 0.15) is 24.9 Å².